The minimum atomic E-state index is 0.206. The first kappa shape index (κ1) is 17.6. The zero-order chi connectivity index (χ0) is 19.5. The highest BCUT2D eigenvalue weighted by molar-refractivity contribution is 5.92. The molecule has 1 aromatic carbocycles. The van der Waals surface area contributed by atoms with Crippen LogP contribution in [0.5, 0.6) is 0 Å². The summed E-state index contributed by atoms with van der Waals surface area (Å²) in [5, 5.41) is 4.67. The van der Waals surface area contributed by atoms with Crippen LogP contribution in [0.2, 0.25) is 0 Å². The number of rotatable bonds is 4. The average molecular weight is 389 g/mol. The van der Waals surface area contributed by atoms with Crippen LogP contribution in [-0.2, 0) is 4.79 Å². The molecular formula is C24H28N4O. The number of fused-ring (bicyclic) bond motifs is 2. The van der Waals surface area contributed by atoms with Crippen molar-refractivity contribution in [3.63, 3.8) is 0 Å². The van der Waals surface area contributed by atoms with Crippen molar-refractivity contribution < 1.29 is 4.79 Å². The third-order valence-electron chi connectivity index (χ3n) is 7.58. The molecule has 1 aromatic heterocycles. The molecule has 0 bridgehead atoms. The molecule has 4 aliphatic rings. The van der Waals surface area contributed by atoms with E-state index in [1.165, 1.54) is 16.5 Å². The Hall–Kier alpha value is -2.27. The van der Waals surface area contributed by atoms with Gasteiger partial charge in [0.2, 0.25) is 5.91 Å². The first-order chi connectivity index (χ1) is 14.2. The van der Waals surface area contributed by atoms with Crippen LogP contribution in [0.1, 0.15) is 42.9 Å². The van der Waals surface area contributed by atoms with Crippen molar-refractivity contribution in [3.8, 4) is 0 Å². The second kappa shape index (κ2) is 6.63. The molecule has 1 saturated carbocycles. The van der Waals surface area contributed by atoms with Gasteiger partial charge in [-0.15, -0.1) is 0 Å². The van der Waals surface area contributed by atoms with Gasteiger partial charge in [-0.1, -0.05) is 25.1 Å². The number of nitrogens with zero attached hydrogens (tertiary/aromatic N) is 3. The van der Waals surface area contributed by atoms with E-state index >= 15 is 0 Å². The van der Waals surface area contributed by atoms with E-state index in [0.29, 0.717) is 23.7 Å². The smallest absolute Gasteiger partial charge is 0.222 e. The number of pyridine rings is 1. The van der Waals surface area contributed by atoms with Crippen LogP contribution in [0.3, 0.4) is 0 Å². The Labute approximate surface area is 171 Å². The molecule has 29 heavy (non-hydrogen) atoms. The van der Waals surface area contributed by atoms with E-state index in [4.69, 9.17) is 0 Å². The van der Waals surface area contributed by atoms with Crippen LogP contribution in [0.4, 0.5) is 0 Å². The molecule has 1 amide bonds. The number of aromatic nitrogens is 1. The van der Waals surface area contributed by atoms with Crippen molar-refractivity contribution in [3.05, 3.63) is 41.6 Å². The zero-order valence-corrected chi connectivity index (χ0v) is 16.9. The Balaban J connectivity index is 1.25. The fourth-order valence-corrected chi connectivity index (χ4v) is 5.98. The highest BCUT2D eigenvalue weighted by atomic mass is 16.2. The number of carbonyl (C=O) groups excluding carboxylic acids is 1. The summed E-state index contributed by atoms with van der Waals surface area (Å²) in [7, 11) is 0. The number of piperidine rings is 2. The second-order valence-electron chi connectivity index (χ2n) is 9.58. The van der Waals surface area contributed by atoms with Crippen molar-refractivity contribution in [2.24, 2.45) is 28.7 Å². The summed E-state index contributed by atoms with van der Waals surface area (Å²) < 4.78 is 0. The van der Waals surface area contributed by atoms with Crippen molar-refractivity contribution in [1.82, 2.24) is 15.2 Å². The molecule has 1 N–H and O–H groups in total. The molecule has 5 heteroatoms. The summed E-state index contributed by atoms with van der Waals surface area (Å²) in [4.78, 5) is 24.3. The van der Waals surface area contributed by atoms with Crippen molar-refractivity contribution in [2.45, 2.75) is 31.7 Å². The van der Waals surface area contributed by atoms with Gasteiger partial charge in [0, 0.05) is 48.8 Å². The van der Waals surface area contributed by atoms with Crippen LogP contribution in [0.15, 0.2) is 35.5 Å². The first-order valence-corrected chi connectivity index (χ1v) is 11.1. The lowest BCUT2D eigenvalue weighted by atomic mass is 9.83. The number of hydrogen-bond donors (Lipinski definition) is 1. The second-order valence-corrected chi connectivity index (χ2v) is 9.58. The van der Waals surface area contributed by atoms with Gasteiger partial charge in [0.05, 0.1) is 5.52 Å². The largest absolute Gasteiger partial charge is 0.342 e. The molecule has 1 aliphatic carbocycles. The van der Waals surface area contributed by atoms with Crippen LogP contribution >= 0.6 is 0 Å². The van der Waals surface area contributed by atoms with Gasteiger partial charge in [-0.05, 0) is 54.8 Å². The van der Waals surface area contributed by atoms with Crippen LogP contribution in [-0.4, -0.2) is 48.2 Å². The lowest BCUT2D eigenvalue weighted by molar-refractivity contribution is -0.133. The van der Waals surface area contributed by atoms with Crippen LogP contribution in [0, 0.1) is 23.7 Å². The summed E-state index contributed by atoms with van der Waals surface area (Å²) in [5.41, 5.74) is 3.62. The van der Waals surface area contributed by atoms with Crippen molar-refractivity contribution in [2.75, 3.05) is 26.2 Å². The van der Waals surface area contributed by atoms with Crippen LogP contribution in [0.25, 0.3) is 10.9 Å². The molecule has 6 atom stereocenters. The summed E-state index contributed by atoms with van der Waals surface area (Å²) in [6, 6.07) is 8.89. The SMILES string of the molecule is C[C@@H]1C[C@@H](c2ccc(C3C=N3)c3ncccc23)CN(C(=O)CC2[C@H]3CNC[C@@H]23)C1. The maximum absolute atomic E-state index is 13.1. The number of aliphatic imine (C=N–C) groups is 1. The van der Waals surface area contributed by atoms with E-state index in [-0.39, 0.29) is 6.04 Å². The molecule has 4 heterocycles. The van der Waals surface area contributed by atoms with Gasteiger partial charge in [0.15, 0.2) is 0 Å². The van der Waals surface area contributed by atoms with Gasteiger partial charge < -0.3 is 10.2 Å². The van der Waals surface area contributed by atoms with Gasteiger partial charge >= 0.3 is 0 Å². The lowest BCUT2D eigenvalue weighted by Crippen LogP contribution is -2.43. The molecule has 3 aliphatic heterocycles. The van der Waals surface area contributed by atoms with Gasteiger partial charge in [0.25, 0.3) is 0 Å². The minimum Gasteiger partial charge on any atom is -0.342 e. The summed E-state index contributed by atoms with van der Waals surface area (Å²) in [6.07, 6.45) is 5.73. The van der Waals surface area contributed by atoms with E-state index in [0.717, 1.165) is 56.4 Å². The van der Waals surface area contributed by atoms with E-state index in [9.17, 15) is 4.79 Å². The molecular weight excluding hydrogens is 360 g/mol. The molecule has 150 valence electrons. The van der Waals surface area contributed by atoms with Crippen molar-refractivity contribution in [1.29, 1.82) is 0 Å². The molecule has 0 spiro atoms. The molecule has 5 nitrogen and oxygen atoms in total. The summed E-state index contributed by atoms with van der Waals surface area (Å²) in [6.45, 7) is 6.25. The third kappa shape index (κ3) is 3.07. The highest BCUT2D eigenvalue weighted by Gasteiger charge is 2.53. The predicted molar refractivity (Wildman–Crippen MR) is 114 cm³/mol. The third-order valence-corrected chi connectivity index (χ3v) is 7.58. The van der Waals surface area contributed by atoms with E-state index in [1.54, 1.807) is 0 Å². The molecule has 2 aromatic rings. The molecule has 2 saturated heterocycles. The highest BCUT2D eigenvalue weighted by Crippen LogP contribution is 2.51. The maximum atomic E-state index is 13.1. The zero-order valence-electron chi connectivity index (χ0n) is 16.9. The molecule has 2 unspecified atom stereocenters. The normalized spacial score (nSPS) is 35.0. The van der Waals surface area contributed by atoms with Crippen molar-refractivity contribution >= 4 is 23.0 Å². The first-order valence-electron chi connectivity index (χ1n) is 11.1. The quantitative estimate of drug-likeness (QED) is 0.875. The maximum Gasteiger partial charge on any atom is 0.222 e. The Morgan fingerprint density at radius 1 is 1.17 bits per heavy atom. The van der Waals surface area contributed by atoms with Gasteiger partial charge in [-0.25, -0.2) is 0 Å². The monoisotopic (exact) mass is 388 g/mol. The molecule has 0 radical (unpaired) electrons. The fraction of sp³-hybridized carbons (Fsp3) is 0.542. The van der Waals surface area contributed by atoms with Crippen LogP contribution < -0.4 is 5.32 Å². The molecule has 3 fully saturated rings. The number of carbonyl (C=O) groups is 1. The lowest BCUT2D eigenvalue weighted by Gasteiger charge is -2.37. The topological polar surface area (TPSA) is 57.6 Å². The summed E-state index contributed by atoms with van der Waals surface area (Å²) >= 11 is 0. The Morgan fingerprint density at radius 3 is 2.76 bits per heavy atom. The average Bonchev–Trinajstić information content (AvgIpc) is 3.64. The van der Waals surface area contributed by atoms with E-state index in [2.05, 4.69) is 45.3 Å². The van der Waals surface area contributed by atoms with Gasteiger partial charge in [0.1, 0.15) is 6.04 Å². The number of nitrogens with one attached hydrogen (secondary N) is 1. The minimum absolute atomic E-state index is 0.206. The number of hydrogen-bond acceptors (Lipinski definition) is 4. The standard InChI is InChI=1S/C24H28N4O/c1-14-7-15(13-28(12-14)23(29)8-19-20-9-25-10-21(19)20)16-4-5-18(22-11-27-22)24-17(16)3-2-6-26-24/h2-6,11,14-15,19-22,25H,7-10,12-13H2,1H3/t14-,15-,19?,20-,21+,22?/m1/s1. The van der Waals surface area contributed by atoms with Gasteiger partial charge in [-0.2, -0.15) is 0 Å². The fourth-order valence-electron chi connectivity index (χ4n) is 5.98. The Kier molecular flexibility index (Phi) is 4.02. The number of amides is 1. The molecule has 6 rings (SSSR count). The predicted octanol–water partition coefficient (Wildman–Crippen LogP) is 3.17. The summed E-state index contributed by atoms with van der Waals surface area (Å²) in [5.74, 6) is 3.40. The van der Waals surface area contributed by atoms with E-state index < -0.39 is 0 Å². The van der Waals surface area contributed by atoms with Gasteiger partial charge in [-0.3, -0.25) is 14.8 Å². The van der Waals surface area contributed by atoms with E-state index in [1.807, 2.05) is 18.5 Å². The number of likely N-dealkylation sites (tertiary alicyclic amines) is 1. The Morgan fingerprint density at radius 2 is 1.97 bits per heavy atom. The number of benzene rings is 1. The Bertz CT molecular complexity index is 986.